The van der Waals surface area contributed by atoms with Gasteiger partial charge in [0.05, 0.1) is 4.90 Å². The first-order chi connectivity index (χ1) is 6.99. The molecule has 1 rings (SSSR count). The Morgan fingerprint density at radius 2 is 2.13 bits per heavy atom. The lowest BCUT2D eigenvalue weighted by molar-refractivity contribution is -0.147. The summed E-state index contributed by atoms with van der Waals surface area (Å²) in [6.07, 6.45) is -0.383. The highest BCUT2D eigenvalue weighted by Crippen LogP contribution is 2.33. The van der Waals surface area contributed by atoms with Crippen LogP contribution in [0, 0.1) is 5.82 Å². The summed E-state index contributed by atoms with van der Waals surface area (Å²) in [6, 6.07) is 2.19. The van der Waals surface area contributed by atoms with Crippen LogP contribution in [-0.4, -0.2) is 27.5 Å². The van der Waals surface area contributed by atoms with E-state index in [0.717, 1.165) is 23.9 Å². The predicted molar refractivity (Wildman–Crippen MR) is 52.4 cm³/mol. The van der Waals surface area contributed by atoms with Gasteiger partial charge in [-0.05, 0) is 18.4 Å². The molecular formula is C9H9FO4S. The Balaban J connectivity index is 3.27. The highest BCUT2D eigenvalue weighted by atomic mass is 32.2. The highest BCUT2D eigenvalue weighted by Gasteiger charge is 2.23. The molecule has 6 heteroatoms. The molecule has 0 bridgehead atoms. The third kappa shape index (κ3) is 2.21. The quantitative estimate of drug-likeness (QED) is 0.686. The molecule has 0 aliphatic heterocycles. The van der Waals surface area contributed by atoms with Crippen LogP contribution in [-0.2, 0) is 4.79 Å². The van der Waals surface area contributed by atoms with Gasteiger partial charge in [-0.15, -0.1) is 11.8 Å². The molecule has 0 fully saturated rings. The van der Waals surface area contributed by atoms with E-state index in [9.17, 15) is 14.3 Å². The molecule has 1 unspecified atom stereocenters. The van der Waals surface area contributed by atoms with Crippen LogP contribution in [0.5, 0.6) is 5.75 Å². The van der Waals surface area contributed by atoms with Crippen molar-refractivity contribution in [2.75, 3.05) is 6.26 Å². The van der Waals surface area contributed by atoms with E-state index in [1.54, 1.807) is 0 Å². The van der Waals surface area contributed by atoms with Crippen molar-refractivity contribution in [3.05, 3.63) is 23.5 Å². The molecule has 0 aliphatic rings. The molecule has 15 heavy (non-hydrogen) atoms. The molecule has 0 amide bonds. The molecule has 1 aromatic rings. The summed E-state index contributed by atoms with van der Waals surface area (Å²) in [5.74, 6) is -2.72. The van der Waals surface area contributed by atoms with Crippen LogP contribution in [0.1, 0.15) is 11.7 Å². The van der Waals surface area contributed by atoms with Gasteiger partial charge in [-0.1, -0.05) is 0 Å². The number of halogens is 1. The summed E-state index contributed by atoms with van der Waals surface area (Å²) < 4.78 is 13.5. The van der Waals surface area contributed by atoms with Gasteiger partial charge in [-0.2, -0.15) is 0 Å². The number of rotatable bonds is 3. The maximum absolute atomic E-state index is 13.5. The molecule has 82 valence electrons. The SMILES string of the molecule is CSc1c(O)ccc(C(O)C(=O)O)c1F. The van der Waals surface area contributed by atoms with Crippen molar-refractivity contribution < 1.29 is 24.5 Å². The van der Waals surface area contributed by atoms with Crippen molar-refractivity contribution in [1.29, 1.82) is 0 Å². The van der Waals surface area contributed by atoms with E-state index in [0.29, 0.717) is 0 Å². The molecular weight excluding hydrogens is 223 g/mol. The number of carboxylic acids is 1. The Labute approximate surface area is 89.4 Å². The maximum atomic E-state index is 13.5. The van der Waals surface area contributed by atoms with E-state index in [4.69, 9.17) is 10.2 Å². The normalized spacial score (nSPS) is 12.5. The van der Waals surface area contributed by atoms with Gasteiger partial charge in [-0.3, -0.25) is 0 Å². The number of phenols is 1. The number of thioether (sulfide) groups is 1. The molecule has 0 saturated heterocycles. The minimum atomic E-state index is -1.92. The number of carboxylic acid groups (broad SMARTS) is 1. The van der Waals surface area contributed by atoms with Gasteiger partial charge in [0.1, 0.15) is 11.6 Å². The summed E-state index contributed by atoms with van der Waals surface area (Å²) in [6.45, 7) is 0. The number of benzene rings is 1. The van der Waals surface area contributed by atoms with Crippen molar-refractivity contribution >= 4 is 17.7 Å². The average molecular weight is 232 g/mol. The largest absolute Gasteiger partial charge is 0.507 e. The van der Waals surface area contributed by atoms with Crippen LogP contribution in [0.4, 0.5) is 4.39 Å². The second kappa shape index (κ2) is 4.50. The predicted octanol–water partition coefficient (Wildman–Crippen LogP) is 1.37. The van der Waals surface area contributed by atoms with E-state index >= 15 is 0 Å². The standard InChI is InChI=1S/C9H9FO4S/c1-15-8-5(11)3-2-4(6(8)10)7(12)9(13)14/h2-3,7,11-12H,1H3,(H,13,14). The fraction of sp³-hybridized carbons (Fsp3) is 0.222. The lowest BCUT2D eigenvalue weighted by Crippen LogP contribution is -2.12. The van der Waals surface area contributed by atoms with E-state index in [2.05, 4.69) is 0 Å². The van der Waals surface area contributed by atoms with Gasteiger partial charge in [0.25, 0.3) is 0 Å². The molecule has 0 radical (unpaired) electrons. The lowest BCUT2D eigenvalue weighted by atomic mass is 10.1. The van der Waals surface area contributed by atoms with Crippen molar-refractivity contribution in [1.82, 2.24) is 0 Å². The van der Waals surface area contributed by atoms with Gasteiger partial charge < -0.3 is 15.3 Å². The number of aliphatic carboxylic acids is 1. The zero-order valence-corrected chi connectivity index (χ0v) is 8.58. The topological polar surface area (TPSA) is 77.8 Å². The molecule has 0 aromatic heterocycles. The molecule has 0 saturated carbocycles. The highest BCUT2D eigenvalue weighted by molar-refractivity contribution is 7.98. The van der Waals surface area contributed by atoms with Gasteiger partial charge in [0, 0.05) is 5.56 Å². The third-order valence-corrected chi connectivity index (χ3v) is 2.64. The third-order valence-electron chi connectivity index (χ3n) is 1.84. The van der Waals surface area contributed by atoms with Crippen LogP contribution >= 0.6 is 11.8 Å². The van der Waals surface area contributed by atoms with Gasteiger partial charge >= 0.3 is 5.97 Å². The Bertz CT molecular complexity index is 394. The zero-order chi connectivity index (χ0) is 11.6. The van der Waals surface area contributed by atoms with E-state index in [1.807, 2.05) is 0 Å². The summed E-state index contributed by atoms with van der Waals surface area (Å²) in [5, 5.41) is 26.9. The fourth-order valence-electron chi connectivity index (χ4n) is 1.10. The Kier molecular flexibility index (Phi) is 3.54. The van der Waals surface area contributed by atoms with Crippen LogP contribution < -0.4 is 0 Å². The minimum absolute atomic E-state index is 0.0761. The van der Waals surface area contributed by atoms with Crippen molar-refractivity contribution in [3.63, 3.8) is 0 Å². The number of phenolic OH excluding ortho intramolecular Hbond substituents is 1. The number of carbonyl (C=O) groups is 1. The number of hydrogen-bond acceptors (Lipinski definition) is 4. The average Bonchev–Trinajstić information content (AvgIpc) is 2.17. The van der Waals surface area contributed by atoms with Crippen LogP contribution in [0.25, 0.3) is 0 Å². The Hall–Kier alpha value is -1.27. The maximum Gasteiger partial charge on any atom is 0.337 e. The van der Waals surface area contributed by atoms with E-state index in [1.165, 1.54) is 6.26 Å². The summed E-state index contributed by atoms with van der Waals surface area (Å²) >= 11 is 0.936. The number of aliphatic hydroxyl groups excluding tert-OH is 1. The number of aromatic hydroxyl groups is 1. The van der Waals surface area contributed by atoms with Crippen molar-refractivity contribution in [2.24, 2.45) is 0 Å². The van der Waals surface area contributed by atoms with Gasteiger partial charge in [0.2, 0.25) is 0 Å². The summed E-state index contributed by atoms with van der Waals surface area (Å²) in [5.41, 5.74) is -0.357. The first-order valence-electron chi connectivity index (χ1n) is 3.95. The van der Waals surface area contributed by atoms with Crippen LogP contribution in [0.2, 0.25) is 0 Å². The minimum Gasteiger partial charge on any atom is -0.507 e. The van der Waals surface area contributed by atoms with Crippen LogP contribution in [0.15, 0.2) is 17.0 Å². The lowest BCUT2D eigenvalue weighted by Gasteiger charge is -2.10. The molecule has 0 aliphatic carbocycles. The molecule has 3 N–H and O–H groups in total. The second-order valence-electron chi connectivity index (χ2n) is 2.76. The first kappa shape index (κ1) is 11.8. The zero-order valence-electron chi connectivity index (χ0n) is 7.77. The number of hydrogen-bond donors (Lipinski definition) is 3. The second-order valence-corrected chi connectivity index (χ2v) is 3.58. The molecule has 0 heterocycles. The molecule has 4 nitrogen and oxygen atoms in total. The Morgan fingerprint density at radius 1 is 1.53 bits per heavy atom. The first-order valence-corrected chi connectivity index (χ1v) is 5.17. The van der Waals surface area contributed by atoms with Crippen LogP contribution in [0.3, 0.4) is 0 Å². The molecule has 1 aromatic carbocycles. The molecule has 0 spiro atoms. The smallest absolute Gasteiger partial charge is 0.337 e. The Morgan fingerprint density at radius 3 is 2.60 bits per heavy atom. The summed E-state index contributed by atoms with van der Waals surface area (Å²) in [4.78, 5) is 10.4. The summed E-state index contributed by atoms with van der Waals surface area (Å²) in [7, 11) is 0. The monoisotopic (exact) mass is 232 g/mol. The fourth-order valence-corrected chi connectivity index (χ4v) is 1.67. The van der Waals surface area contributed by atoms with Crippen molar-refractivity contribution in [3.8, 4) is 5.75 Å². The molecule has 1 atom stereocenters. The van der Waals surface area contributed by atoms with Gasteiger partial charge in [0.15, 0.2) is 6.10 Å². The van der Waals surface area contributed by atoms with E-state index < -0.39 is 17.9 Å². The van der Waals surface area contributed by atoms with Crippen molar-refractivity contribution in [2.45, 2.75) is 11.0 Å². The van der Waals surface area contributed by atoms with E-state index in [-0.39, 0.29) is 16.2 Å². The number of aliphatic hydroxyl groups is 1. The van der Waals surface area contributed by atoms with Gasteiger partial charge in [-0.25, -0.2) is 9.18 Å².